The highest BCUT2D eigenvalue weighted by Gasteiger charge is 2.37. The number of nitrogens with zero attached hydrogens (tertiary/aromatic N) is 3. The van der Waals surface area contributed by atoms with Gasteiger partial charge in [0.2, 0.25) is 0 Å². The van der Waals surface area contributed by atoms with E-state index in [-0.39, 0.29) is 29.4 Å². The molecule has 2 aromatic rings. The van der Waals surface area contributed by atoms with Crippen LogP contribution < -0.4 is 5.56 Å². The summed E-state index contributed by atoms with van der Waals surface area (Å²) in [4.78, 5) is 26.3. The fraction of sp³-hybridized carbons (Fsp3) is 0.450. The van der Waals surface area contributed by atoms with Crippen LogP contribution in [0.4, 0.5) is 13.2 Å². The van der Waals surface area contributed by atoms with E-state index >= 15 is 0 Å². The van der Waals surface area contributed by atoms with Gasteiger partial charge in [-0.25, -0.2) is 4.68 Å². The van der Waals surface area contributed by atoms with Crippen LogP contribution in [-0.2, 0) is 19.3 Å². The highest BCUT2D eigenvalue weighted by atomic mass is 19.4. The third kappa shape index (κ3) is 4.61. The molecule has 28 heavy (non-hydrogen) atoms. The number of aryl methyl sites for hydroxylation is 1. The molecule has 0 saturated heterocycles. The van der Waals surface area contributed by atoms with Crippen LogP contribution in [0.25, 0.3) is 0 Å². The summed E-state index contributed by atoms with van der Waals surface area (Å²) in [6.07, 6.45) is -1.38. The van der Waals surface area contributed by atoms with Crippen LogP contribution in [-0.4, -0.2) is 26.6 Å². The van der Waals surface area contributed by atoms with Crippen molar-refractivity contribution >= 4 is 5.91 Å². The lowest BCUT2D eigenvalue weighted by molar-refractivity contribution is -0.138. The zero-order chi connectivity index (χ0) is 20.3. The number of halogens is 3. The first-order valence-corrected chi connectivity index (χ1v) is 9.35. The van der Waals surface area contributed by atoms with Gasteiger partial charge in [-0.1, -0.05) is 31.5 Å². The second-order valence-electron chi connectivity index (χ2n) is 6.95. The van der Waals surface area contributed by atoms with Crippen LogP contribution >= 0.6 is 0 Å². The number of alkyl halides is 3. The number of hydrogen-bond acceptors (Lipinski definition) is 3. The van der Waals surface area contributed by atoms with E-state index < -0.39 is 17.6 Å². The Kier molecular flexibility index (Phi) is 5.86. The quantitative estimate of drug-likeness (QED) is 0.718. The van der Waals surface area contributed by atoms with Gasteiger partial charge in [0.15, 0.2) is 0 Å². The Bertz CT molecular complexity index is 904. The standard InChI is InChI=1S/C20H22F3N3O2/c1-2-3-12-26-18(27)11-10-17(24-26)19(28)25(15-8-9-15)13-14-6-4-5-7-16(14)20(21,22)23/h4-7,10-11,15H,2-3,8-9,12-13H2,1H3. The first-order chi connectivity index (χ1) is 13.3. The van der Waals surface area contributed by atoms with Crippen molar-refractivity contribution in [2.45, 2.75) is 57.9 Å². The lowest BCUT2D eigenvalue weighted by atomic mass is 10.1. The molecule has 1 aliphatic rings. The molecule has 5 nitrogen and oxygen atoms in total. The number of carbonyl (C=O) groups excluding carboxylic acids is 1. The lowest BCUT2D eigenvalue weighted by Gasteiger charge is -2.24. The highest BCUT2D eigenvalue weighted by molar-refractivity contribution is 5.92. The van der Waals surface area contributed by atoms with E-state index in [1.807, 2.05) is 6.92 Å². The topological polar surface area (TPSA) is 55.2 Å². The van der Waals surface area contributed by atoms with Gasteiger partial charge in [0.05, 0.1) is 5.56 Å². The number of hydrogen-bond donors (Lipinski definition) is 0. The Morgan fingerprint density at radius 1 is 1.21 bits per heavy atom. The van der Waals surface area contributed by atoms with Crippen molar-refractivity contribution in [2.75, 3.05) is 0 Å². The van der Waals surface area contributed by atoms with Gasteiger partial charge in [0.1, 0.15) is 5.69 Å². The Morgan fingerprint density at radius 2 is 1.93 bits per heavy atom. The zero-order valence-corrected chi connectivity index (χ0v) is 15.6. The molecule has 1 heterocycles. The summed E-state index contributed by atoms with van der Waals surface area (Å²) in [6.45, 7) is 2.23. The molecule has 1 fully saturated rings. The molecule has 1 aromatic heterocycles. The van der Waals surface area contributed by atoms with Crippen molar-refractivity contribution in [2.24, 2.45) is 0 Å². The first-order valence-electron chi connectivity index (χ1n) is 9.35. The average molecular weight is 393 g/mol. The fourth-order valence-electron chi connectivity index (χ4n) is 3.05. The smallest absolute Gasteiger partial charge is 0.330 e. The van der Waals surface area contributed by atoms with Gasteiger partial charge in [-0.3, -0.25) is 9.59 Å². The minimum Gasteiger partial charge on any atom is -0.330 e. The van der Waals surface area contributed by atoms with E-state index in [1.165, 1.54) is 39.9 Å². The van der Waals surface area contributed by atoms with Crippen molar-refractivity contribution in [1.29, 1.82) is 0 Å². The molecule has 3 rings (SSSR count). The Balaban J connectivity index is 1.88. The van der Waals surface area contributed by atoms with Crippen molar-refractivity contribution in [1.82, 2.24) is 14.7 Å². The molecule has 0 radical (unpaired) electrons. The molecule has 1 amide bonds. The third-order valence-electron chi connectivity index (χ3n) is 4.72. The number of rotatable bonds is 7. The molecule has 0 bridgehead atoms. The van der Waals surface area contributed by atoms with Gasteiger partial charge in [-0.15, -0.1) is 0 Å². The molecule has 1 aliphatic carbocycles. The predicted molar refractivity (Wildman–Crippen MR) is 97.7 cm³/mol. The molecule has 0 N–H and O–H groups in total. The first kappa shape index (κ1) is 20.1. The maximum Gasteiger partial charge on any atom is 0.416 e. The molecule has 0 unspecified atom stereocenters. The second-order valence-corrected chi connectivity index (χ2v) is 6.95. The minimum absolute atomic E-state index is 0.0505. The summed E-state index contributed by atoms with van der Waals surface area (Å²) in [7, 11) is 0. The highest BCUT2D eigenvalue weighted by Crippen LogP contribution is 2.35. The number of aromatic nitrogens is 2. The third-order valence-corrected chi connectivity index (χ3v) is 4.72. The molecular formula is C20H22F3N3O2. The fourth-order valence-corrected chi connectivity index (χ4v) is 3.05. The van der Waals surface area contributed by atoms with E-state index in [4.69, 9.17) is 0 Å². The largest absolute Gasteiger partial charge is 0.416 e. The molecule has 0 aliphatic heterocycles. The summed E-state index contributed by atoms with van der Waals surface area (Å²) in [5, 5.41) is 4.14. The van der Waals surface area contributed by atoms with Gasteiger partial charge in [-0.2, -0.15) is 18.3 Å². The normalized spacial score (nSPS) is 14.1. The monoisotopic (exact) mass is 393 g/mol. The van der Waals surface area contributed by atoms with E-state index in [2.05, 4.69) is 5.10 Å². The van der Waals surface area contributed by atoms with E-state index in [0.717, 1.165) is 31.7 Å². The zero-order valence-electron chi connectivity index (χ0n) is 15.6. The van der Waals surface area contributed by atoms with E-state index in [9.17, 15) is 22.8 Å². The molecule has 8 heteroatoms. The van der Waals surface area contributed by atoms with E-state index in [1.54, 1.807) is 0 Å². The van der Waals surface area contributed by atoms with Crippen LogP contribution in [0.2, 0.25) is 0 Å². The summed E-state index contributed by atoms with van der Waals surface area (Å²) in [6, 6.07) is 7.80. The SMILES string of the molecule is CCCCn1nc(C(=O)N(Cc2ccccc2C(F)(F)F)C2CC2)ccc1=O. The summed E-state index contributed by atoms with van der Waals surface area (Å²) < 4.78 is 41.1. The minimum atomic E-state index is -4.49. The van der Waals surface area contributed by atoms with Crippen LogP contribution in [0, 0.1) is 0 Å². The lowest BCUT2D eigenvalue weighted by Crippen LogP contribution is -2.35. The Hall–Kier alpha value is -2.64. The molecule has 150 valence electrons. The maximum absolute atomic E-state index is 13.3. The number of benzene rings is 1. The number of carbonyl (C=O) groups is 1. The maximum atomic E-state index is 13.3. The van der Waals surface area contributed by atoms with Crippen molar-refractivity contribution < 1.29 is 18.0 Å². The van der Waals surface area contributed by atoms with Crippen LogP contribution in [0.3, 0.4) is 0 Å². The molecule has 0 spiro atoms. The predicted octanol–water partition coefficient (Wildman–Crippen LogP) is 3.87. The van der Waals surface area contributed by atoms with Gasteiger partial charge in [-0.05, 0) is 37.0 Å². The van der Waals surface area contributed by atoms with Crippen LogP contribution in [0.5, 0.6) is 0 Å². The van der Waals surface area contributed by atoms with Crippen molar-refractivity contribution in [3.05, 3.63) is 63.6 Å². The number of amides is 1. The van der Waals surface area contributed by atoms with Crippen molar-refractivity contribution in [3.63, 3.8) is 0 Å². The van der Waals surface area contributed by atoms with Gasteiger partial charge in [0.25, 0.3) is 11.5 Å². The second kappa shape index (κ2) is 8.16. The van der Waals surface area contributed by atoms with Gasteiger partial charge < -0.3 is 4.90 Å². The van der Waals surface area contributed by atoms with Crippen LogP contribution in [0.1, 0.15) is 54.2 Å². The molecular weight excluding hydrogens is 371 g/mol. The average Bonchev–Trinajstić information content (AvgIpc) is 3.49. The van der Waals surface area contributed by atoms with Crippen LogP contribution in [0.15, 0.2) is 41.2 Å². The van der Waals surface area contributed by atoms with Gasteiger partial charge >= 0.3 is 6.18 Å². The molecule has 1 aromatic carbocycles. The van der Waals surface area contributed by atoms with E-state index in [0.29, 0.717) is 6.54 Å². The van der Waals surface area contributed by atoms with Gasteiger partial charge in [0, 0.05) is 25.2 Å². The Labute approximate surface area is 160 Å². The van der Waals surface area contributed by atoms with Crippen molar-refractivity contribution in [3.8, 4) is 0 Å². The molecule has 0 atom stereocenters. The summed E-state index contributed by atoms with van der Waals surface area (Å²) >= 11 is 0. The molecule has 1 saturated carbocycles. The summed E-state index contributed by atoms with van der Waals surface area (Å²) in [5.74, 6) is -0.454. The Morgan fingerprint density at radius 3 is 2.57 bits per heavy atom. The summed E-state index contributed by atoms with van der Waals surface area (Å²) in [5.41, 5.74) is -0.915. The number of unbranched alkanes of at least 4 members (excludes halogenated alkanes) is 1.